The summed E-state index contributed by atoms with van der Waals surface area (Å²) in [5, 5.41) is 0.808. The van der Waals surface area contributed by atoms with E-state index in [1.54, 1.807) is 25.2 Å². The Morgan fingerprint density at radius 2 is 1.72 bits per heavy atom. The quantitative estimate of drug-likeness (QED) is 0.457. The number of hydrogen-bond acceptors (Lipinski definition) is 4. The zero-order chi connectivity index (χ0) is 22.4. The van der Waals surface area contributed by atoms with Crippen molar-refractivity contribution >= 4 is 40.3 Å². The summed E-state index contributed by atoms with van der Waals surface area (Å²) in [5.41, 5.74) is 1.97. The van der Waals surface area contributed by atoms with E-state index in [1.807, 2.05) is 22.8 Å². The number of fused-ring (bicyclic) bond motifs is 3. The SMILES string of the molecule is Cn1c(=O)n(Cc2ccc(Cl)c(Cl)c2)c(=O)c2c1nc1n2CCCN1Cc1ccccc1. The van der Waals surface area contributed by atoms with Crippen LogP contribution < -0.4 is 16.1 Å². The van der Waals surface area contributed by atoms with E-state index >= 15 is 0 Å². The first kappa shape index (κ1) is 20.8. The molecule has 0 spiro atoms. The van der Waals surface area contributed by atoms with E-state index in [2.05, 4.69) is 17.0 Å². The van der Waals surface area contributed by atoms with Gasteiger partial charge in [-0.15, -0.1) is 0 Å². The molecular formula is C23H21Cl2N5O2. The number of benzene rings is 2. The van der Waals surface area contributed by atoms with Gasteiger partial charge in [-0.25, -0.2) is 4.79 Å². The lowest BCUT2D eigenvalue weighted by atomic mass is 10.2. The van der Waals surface area contributed by atoms with Gasteiger partial charge in [-0.05, 0) is 29.7 Å². The minimum atomic E-state index is -0.418. The van der Waals surface area contributed by atoms with E-state index in [0.29, 0.717) is 34.3 Å². The molecule has 0 atom stereocenters. The number of aryl methyl sites for hydroxylation is 2. The molecule has 0 aliphatic carbocycles. The van der Waals surface area contributed by atoms with Crippen LogP contribution in [0.25, 0.3) is 11.2 Å². The molecular weight excluding hydrogens is 449 g/mol. The third kappa shape index (κ3) is 3.51. The number of anilines is 1. The lowest BCUT2D eigenvalue weighted by Gasteiger charge is -2.29. The number of halogens is 2. The molecule has 0 saturated carbocycles. The van der Waals surface area contributed by atoms with Gasteiger partial charge in [0.2, 0.25) is 5.95 Å². The van der Waals surface area contributed by atoms with E-state index in [-0.39, 0.29) is 12.1 Å². The highest BCUT2D eigenvalue weighted by molar-refractivity contribution is 6.42. The van der Waals surface area contributed by atoms with Crippen LogP contribution in [-0.2, 0) is 26.7 Å². The second-order valence-electron chi connectivity index (χ2n) is 7.98. The minimum absolute atomic E-state index is 0.104. The van der Waals surface area contributed by atoms with Gasteiger partial charge >= 0.3 is 5.69 Å². The summed E-state index contributed by atoms with van der Waals surface area (Å²) < 4.78 is 4.61. The van der Waals surface area contributed by atoms with Crippen molar-refractivity contribution in [2.45, 2.75) is 26.1 Å². The fourth-order valence-electron chi connectivity index (χ4n) is 4.25. The summed E-state index contributed by atoms with van der Waals surface area (Å²) in [4.78, 5) is 33.4. The molecule has 0 saturated heterocycles. The molecule has 164 valence electrons. The summed E-state index contributed by atoms with van der Waals surface area (Å²) in [6.45, 7) is 2.31. The van der Waals surface area contributed by atoms with Crippen molar-refractivity contribution in [1.29, 1.82) is 0 Å². The monoisotopic (exact) mass is 469 g/mol. The molecule has 0 radical (unpaired) electrons. The second kappa shape index (κ2) is 8.15. The second-order valence-corrected chi connectivity index (χ2v) is 8.79. The predicted molar refractivity (Wildman–Crippen MR) is 127 cm³/mol. The van der Waals surface area contributed by atoms with Crippen LogP contribution in [0.1, 0.15) is 17.5 Å². The number of hydrogen-bond donors (Lipinski definition) is 0. The maximum Gasteiger partial charge on any atom is 0.332 e. The van der Waals surface area contributed by atoms with E-state index < -0.39 is 5.69 Å². The summed E-state index contributed by atoms with van der Waals surface area (Å²) in [7, 11) is 1.65. The smallest absolute Gasteiger partial charge is 0.332 e. The number of nitrogens with zero attached hydrogens (tertiary/aromatic N) is 5. The summed E-state index contributed by atoms with van der Waals surface area (Å²) in [6.07, 6.45) is 0.889. The van der Waals surface area contributed by atoms with E-state index in [9.17, 15) is 9.59 Å². The van der Waals surface area contributed by atoms with Crippen LogP contribution in [0.3, 0.4) is 0 Å². The summed E-state index contributed by atoms with van der Waals surface area (Å²) >= 11 is 12.1. The molecule has 7 nitrogen and oxygen atoms in total. The van der Waals surface area contributed by atoms with Crippen molar-refractivity contribution in [2.24, 2.45) is 7.05 Å². The Hall–Kier alpha value is -3.03. The molecule has 1 aliphatic heterocycles. The highest BCUT2D eigenvalue weighted by Gasteiger charge is 2.26. The van der Waals surface area contributed by atoms with Gasteiger partial charge in [0.1, 0.15) is 0 Å². The van der Waals surface area contributed by atoms with Crippen molar-refractivity contribution in [3.63, 3.8) is 0 Å². The van der Waals surface area contributed by atoms with Crippen LogP contribution in [0.5, 0.6) is 0 Å². The maximum absolute atomic E-state index is 13.5. The van der Waals surface area contributed by atoms with Crippen LogP contribution in [0.4, 0.5) is 5.95 Å². The Balaban J connectivity index is 1.62. The Kier molecular flexibility index (Phi) is 5.31. The molecule has 0 bridgehead atoms. The molecule has 0 N–H and O–H groups in total. The first-order valence-corrected chi connectivity index (χ1v) is 11.1. The van der Waals surface area contributed by atoms with Gasteiger partial charge in [0, 0.05) is 26.7 Å². The third-order valence-corrected chi connectivity index (χ3v) is 6.58. The predicted octanol–water partition coefficient (Wildman–Crippen LogP) is 3.66. The summed E-state index contributed by atoms with van der Waals surface area (Å²) in [6, 6.07) is 15.2. The first-order valence-electron chi connectivity index (χ1n) is 10.4. The molecule has 0 fully saturated rings. The van der Waals surface area contributed by atoms with Gasteiger partial charge in [-0.1, -0.05) is 59.6 Å². The lowest BCUT2D eigenvalue weighted by Crippen LogP contribution is -2.40. The van der Waals surface area contributed by atoms with E-state index in [1.165, 1.54) is 14.7 Å². The van der Waals surface area contributed by atoms with Crippen molar-refractivity contribution in [3.05, 3.63) is 90.5 Å². The van der Waals surface area contributed by atoms with Crippen LogP contribution in [0, 0.1) is 0 Å². The van der Waals surface area contributed by atoms with Gasteiger partial charge in [-0.2, -0.15) is 4.98 Å². The molecule has 2 aromatic carbocycles. The van der Waals surface area contributed by atoms with Crippen molar-refractivity contribution < 1.29 is 0 Å². The average molecular weight is 470 g/mol. The fourth-order valence-corrected chi connectivity index (χ4v) is 4.57. The highest BCUT2D eigenvalue weighted by Crippen LogP contribution is 2.26. The number of imidazole rings is 1. The molecule has 5 rings (SSSR count). The Bertz CT molecular complexity index is 1440. The van der Waals surface area contributed by atoms with Crippen LogP contribution in [-0.4, -0.2) is 25.2 Å². The topological polar surface area (TPSA) is 65.1 Å². The first-order chi connectivity index (χ1) is 15.4. The zero-order valence-electron chi connectivity index (χ0n) is 17.5. The van der Waals surface area contributed by atoms with E-state index in [4.69, 9.17) is 28.2 Å². The Morgan fingerprint density at radius 1 is 0.938 bits per heavy atom. The minimum Gasteiger partial charge on any atom is -0.338 e. The molecule has 0 amide bonds. The van der Waals surface area contributed by atoms with Gasteiger partial charge in [0.15, 0.2) is 11.2 Å². The third-order valence-electron chi connectivity index (χ3n) is 5.85. The molecule has 0 unspecified atom stereocenters. The van der Waals surface area contributed by atoms with Gasteiger partial charge in [-0.3, -0.25) is 13.9 Å². The normalized spacial score (nSPS) is 13.5. The standard InChI is InChI=1S/C23H21Cl2N5O2/c1-27-20-19(21(31)30(23(27)32)14-16-8-9-17(24)18(25)12-16)29-11-5-10-28(22(29)26-20)13-15-6-3-2-4-7-15/h2-4,6-9,12H,5,10-11,13-14H2,1H3. The largest absolute Gasteiger partial charge is 0.338 e. The molecule has 3 heterocycles. The molecule has 1 aliphatic rings. The fraction of sp³-hybridized carbons (Fsp3) is 0.261. The molecule has 9 heteroatoms. The molecule has 4 aromatic rings. The van der Waals surface area contributed by atoms with Crippen molar-refractivity contribution in [3.8, 4) is 0 Å². The average Bonchev–Trinajstić information content (AvgIpc) is 3.19. The lowest BCUT2D eigenvalue weighted by molar-refractivity contribution is 0.561. The Morgan fingerprint density at radius 3 is 2.47 bits per heavy atom. The number of aromatic nitrogens is 4. The van der Waals surface area contributed by atoms with Crippen LogP contribution >= 0.6 is 23.2 Å². The van der Waals surface area contributed by atoms with E-state index in [0.717, 1.165) is 24.5 Å². The summed E-state index contributed by atoms with van der Waals surface area (Å²) in [5.74, 6) is 0.717. The number of rotatable bonds is 4. The molecule has 32 heavy (non-hydrogen) atoms. The zero-order valence-corrected chi connectivity index (χ0v) is 19.0. The maximum atomic E-state index is 13.5. The van der Waals surface area contributed by atoms with Crippen molar-refractivity contribution in [1.82, 2.24) is 18.7 Å². The van der Waals surface area contributed by atoms with Crippen LogP contribution in [0.2, 0.25) is 10.0 Å². The van der Waals surface area contributed by atoms with Gasteiger partial charge in [0.25, 0.3) is 5.56 Å². The van der Waals surface area contributed by atoms with Crippen LogP contribution in [0.15, 0.2) is 58.1 Å². The Labute approximate surface area is 194 Å². The van der Waals surface area contributed by atoms with Gasteiger partial charge in [0.05, 0.1) is 16.6 Å². The highest BCUT2D eigenvalue weighted by atomic mass is 35.5. The molecule has 2 aromatic heterocycles. The van der Waals surface area contributed by atoms with Crippen molar-refractivity contribution in [2.75, 3.05) is 11.4 Å². The van der Waals surface area contributed by atoms with Gasteiger partial charge < -0.3 is 9.47 Å².